The van der Waals surface area contributed by atoms with Crippen LogP contribution < -0.4 is 14.8 Å². The van der Waals surface area contributed by atoms with E-state index in [-0.39, 0.29) is 17.8 Å². The van der Waals surface area contributed by atoms with Crippen molar-refractivity contribution in [1.29, 1.82) is 0 Å². The molecule has 1 aliphatic heterocycles. The van der Waals surface area contributed by atoms with Gasteiger partial charge >= 0.3 is 0 Å². The summed E-state index contributed by atoms with van der Waals surface area (Å²) in [5.41, 5.74) is 0.570. The molecule has 0 saturated carbocycles. The Balaban J connectivity index is 1.56. The molecule has 0 aliphatic carbocycles. The number of methoxy groups -OCH3 is 1. The first kappa shape index (κ1) is 19.9. The van der Waals surface area contributed by atoms with Gasteiger partial charge in [0.05, 0.1) is 24.7 Å². The number of amides is 1. The largest absolute Gasteiger partial charge is 0.497 e. The zero-order chi connectivity index (χ0) is 19.1. The Hall–Kier alpha value is -1.89. The summed E-state index contributed by atoms with van der Waals surface area (Å²) in [7, 11) is 1.62. The zero-order valence-corrected chi connectivity index (χ0v) is 16.6. The van der Waals surface area contributed by atoms with Crippen LogP contribution in [0.5, 0.6) is 11.5 Å². The molecule has 1 unspecified atom stereocenters. The SMILES string of the molecule is COc1ccc(SCC(=O)Nc2cc(Cl)ccc2OCC2CCCO2)cc1. The van der Waals surface area contributed by atoms with Crippen molar-refractivity contribution >= 4 is 35.0 Å². The highest BCUT2D eigenvalue weighted by molar-refractivity contribution is 8.00. The van der Waals surface area contributed by atoms with Gasteiger partial charge in [0.2, 0.25) is 5.91 Å². The number of thioether (sulfide) groups is 1. The maximum absolute atomic E-state index is 12.4. The highest BCUT2D eigenvalue weighted by Crippen LogP contribution is 2.29. The van der Waals surface area contributed by atoms with Gasteiger partial charge in [0.25, 0.3) is 0 Å². The van der Waals surface area contributed by atoms with Gasteiger partial charge in [-0.05, 0) is 55.3 Å². The van der Waals surface area contributed by atoms with E-state index in [4.69, 9.17) is 25.8 Å². The maximum atomic E-state index is 12.4. The summed E-state index contributed by atoms with van der Waals surface area (Å²) in [5, 5.41) is 3.42. The van der Waals surface area contributed by atoms with E-state index < -0.39 is 0 Å². The lowest BCUT2D eigenvalue weighted by Gasteiger charge is -2.15. The highest BCUT2D eigenvalue weighted by Gasteiger charge is 2.17. The summed E-state index contributed by atoms with van der Waals surface area (Å²) >= 11 is 7.53. The minimum absolute atomic E-state index is 0.106. The molecule has 0 bridgehead atoms. The van der Waals surface area contributed by atoms with Crippen LogP contribution >= 0.6 is 23.4 Å². The predicted molar refractivity (Wildman–Crippen MR) is 108 cm³/mol. The van der Waals surface area contributed by atoms with Crippen LogP contribution in [-0.4, -0.2) is 38.1 Å². The molecule has 2 aromatic rings. The molecule has 0 aromatic heterocycles. The van der Waals surface area contributed by atoms with Crippen LogP contribution in [0.4, 0.5) is 5.69 Å². The van der Waals surface area contributed by atoms with Crippen LogP contribution in [-0.2, 0) is 9.53 Å². The molecular formula is C20H22ClNO4S. The summed E-state index contributed by atoms with van der Waals surface area (Å²) in [6.07, 6.45) is 2.16. The van der Waals surface area contributed by atoms with Crippen molar-refractivity contribution in [2.24, 2.45) is 0 Å². The van der Waals surface area contributed by atoms with Crippen molar-refractivity contribution in [3.05, 3.63) is 47.5 Å². The third kappa shape index (κ3) is 6.06. The van der Waals surface area contributed by atoms with Gasteiger partial charge in [0.15, 0.2) is 0 Å². The molecule has 1 heterocycles. The Kier molecular flexibility index (Phi) is 7.26. The molecule has 1 amide bonds. The molecule has 2 aromatic carbocycles. The van der Waals surface area contributed by atoms with E-state index in [0.29, 0.717) is 23.1 Å². The molecule has 1 atom stereocenters. The van der Waals surface area contributed by atoms with E-state index in [1.807, 2.05) is 24.3 Å². The Morgan fingerprint density at radius 2 is 2.11 bits per heavy atom. The lowest BCUT2D eigenvalue weighted by molar-refractivity contribution is -0.113. The number of rotatable bonds is 8. The van der Waals surface area contributed by atoms with E-state index in [1.54, 1.807) is 25.3 Å². The standard InChI is InChI=1S/C20H22ClNO4S/c1-24-15-5-7-17(8-6-15)27-13-20(23)22-18-11-14(21)4-9-19(18)26-12-16-3-2-10-25-16/h4-9,11,16H,2-3,10,12-13H2,1H3,(H,22,23). The Morgan fingerprint density at radius 1 is 1.30 bits per heavy atom. The Bertz CT molecular complexity index is 763. The molecule has 5 nitrogen and oxygen atoms in total. The van der Waals surface area contributed by atoms with Crippen molar-refractivity contribution in [3.8, 4) is 11.5 Å². The third-order valence-corrected chi connectivity index (χ3v) is 5.34. The van der Waals surface area contributed by atoms with Crippen molar-refractivity contribution in [2.45, 2.75) is 23.8 Å². The molecule has 0 spiro atoms. The molecule has 27 heavy (non-hydrogen) atoms. The lowest BCUT2D eigenvalue weighted by Crippen LogP contribution is -2.18. The molecule has 0 radical (unpaired) electrons. The maximum Gasteiger partial charge on any atom is 0.234 e. The van der Waals surface area contributed by atoms with E-state index in [0.717, 1.165) is 30.1 Å². The van der Waals surface area contributed by atoms with Gasteiger partial charge in [-0.3, -0.25) is 4.79 Å². The molecule has 1 aliphatic rings. The van der Waals surface area contributed by atoms with Crippen LogP contribution in [0.15, 0.2) is 47.4 Å². The van der Waals surface area contributed by atoms with Crippen molar-refractivity contribution < 1.29 is 19.0 Å². The van der Waals surface area contributed by atoms with Crippen LogP contribution in [0.2, 0.25) is 5.02 Å². The average Bonchev–Trinajstić information content (AvgIpc) is 3.20. The second-order valence-corrected chi connectivity index (χ2v) is 7.58. The van der Waals surface area contributed by atoms with Crippen LogP contribution in [0, 0.1) is 0 Å². The quantitative estimate of drug-likeness (QED) is 0.646. The first-order valence-electron chi connectivity index (χ1n) is 8.74. The molecule has 1 fully saturated rings. The van der Waals surface area contributed by atoms with E-state index in [9.17, 15) is 4.79 Å². The first-order valence-corrected chi connectivity index (χ1v) is 10.1. The van der Waals surface area contributed by atoms with Crippen LogP contribution in [0.1, 0.15) is 12.8 Å². The summed E-state index contributed by atoms with van der Waals surface area (Å²) in [6, 6.07) is 12.8. The van der Waals surface area contributed by atoms with Gasteiger partial charge in [-0.1, -0.05) is 11.6 Å². The molecule has 144 valence electrons. The minimum Gasteiger partial charge on any atom is -0.497 e. The van der Waals surface area contributed by atoms with Gasteiger partial charge in [-0.25, -0.2) is 0 Å². The number of anilines is 1. The van der Waals surface area contributed by atoms with E-state index in [1.165, 1.54) is 11.8 Å². The Morgan fingerprint density at radius 3 is 2.81 bits per heavy atom. The topological polar surface area (TPSA) is 56.8 Å². The van der Waals surface area contributed by atoms with Gasteiger partial charge < -0.3 is 19.5 Å². The normalized spacial score (nSPS) is 16.1. The average molecular weight is 408 g/mol. The fraction of sp³-hybridized carbons (Fsp3) is 0.350. The number of carbonyl (C=O) groups is 1. The summed E-state index contributed by atoms with van der Waals surface area (Å²) in [4.78, 5) is 13.3. The van der Waals surface area contributed by atoms with Crippen molar-refractivity contribution in [1.82, 2.24) is 0 Å². The van der Waals surface area contributed by atoms with Crippen LogP contribution in [0.3, 0.4) is 0 Å². The number of ether oxygens (including phenoxy) is 3. The number of hydrogen-bond donors (Lipinski definition) is 1. The fourth-order valence-corrected chi connectivity index (χ4v) is 3.56. The number of hydrogen-bond acceptors (Lipinski definition) is 5. The molecule has 3 rings (SSSR count). The van der Waals surface area contributed by atoms with Crippen molar-refractivity contribution in [3.63, 3.8) is 0 Å². The summed E-state index contributed by atoms with van der Waals surface area (Å²) in [6.45, 7) is 1.24. The fourth-order valence-electron chi connectivity index (χ4n) is 2.69. The summed E-state index contributed by atoms with van der Waals surface area (Å²) < 4.78 is 16.6. The number of nitrogens with one attached hydrogen (secondary N) is 1. The zero-order valence-electron chi connectivity index (χ0n) is 15.1. The van der Waals surface area contributed by atoms with Gasteiger partial charge in [-0.2, -0.15) is 0 Å². The van der Waals surface area contributed by atoms with Crippen molar-refractivity contribution in [2.75, 3.05) is 31.4 Å². The van der Waals surface area contributed by atoms with Crippen LogP contribution in [0.25, 0.3) is 0 Å². The molecule has 7 heteroatoms. The lowest BCUT2D eigenvalue weighted by atomic mass is 10.2. The van der Waals surface area contributed by atoms with Gasteiger partial charge in [0, 0.05) is 16.5 Å². The second-order valence-electron chi connectivity index (χ2n) is 6.10. The number of halogens is 1. The highest BCUT2D eigenvalue weighted by atomic mass is 35.5. The smallest absolute Gasteiger partial charge is 0.234 e. The third-order valence-electron chi connectivity index (χ3n) is 4.09. The second kappa shape index (κ2) is 9.88. The van der Waals surface area contributed by atoms with Gasteiger partial charge in [-0.15, -0.1) is 11.8 Å². The first-order chi connectivity index (χ1) is 13.1. The molecule has 1 N–H and O–H groups in total. The van der Waals surface area contributed by atoms with E-state index in [2.05, 4.69) is 5.32 Å². The molecule has 1 saturated heterocycles. The van der Waals surface area contributed by atoms with E-state index >= 15 is 0 Å². The minimum atomic E-state index is -0.125. The number of carbonyl (C=O) groups excluding carboxylic acids is 1. The predicted octanol–water partition coefficient (Wildman–Crippen LogP) is 4.64. The summed E-state index contributed by atoms with van der Waals surface area (Å²) in [5.74, 6) is 1.54. The Labute approximate surface area is 168 Å². The molecular weight excluding hydrogens is 386 g/mol. The van der Waals surface area contributed by atoms with Gasteiger partial charge in [0.1, 0.15) is 18.1 Å². The monoisotopic (exact) mass is 407 g/mol. The number of benzene rings is 2.